The molecule has 6 heteroatoms. The van der Waals surface area contributed by atoms with Crippen molar-refractivity contribution in [2.45, 2.75) is 52.0 Å². The van der Waals surface area contributed by atoms with Gasteiger partial charge < -0.3 is 14.2 Å². The zero-order chi connectivity index (χ0) is 19.5. The van der Waals surface area contributed by atoms with Crippen LogP contribution in [-0.4, -0.2) is 48.0 Å². The number of benzene rings is 1. The van der Waals surface area contributed by atoms with E-state index in [1.54, 1.807) is 17.0 Å². The Hall–Kier alpha value is -2.34. The first-order chi connectivity index (χ1) is 12.0. The Bertz CT molecular complexity index is 685. The maximum Gasteiger partial charge on any atom is 0.413 e. The van der Waals surface area contributed by atoms with Crippen LogP contribution in [0.3, 0.4) is 0 Å². The Labute approximate surface area is 154 Å². The van der Waals surface area contributed by atoms with Gasteiger partial charge in [0.1, 0.15) is 11.3 Å². The standard InChI is InChI=1S/C20H27NO5/c1-19(2,3)26-18(23)21-16(13-25-20(21,4)5)12-9-14-7-10-15(11-8-14)17(22)24-6/h7-12,16H,13H2,1-6H3/b12-9+/t16-/m1/s1. The second kappa shape index (κ2) is 7.50. The molecule has 1 amide bonds. The van der Waals surface area contributed by atoms with E-state index in [1.165, 1.54) is 7.11 Å². The van der Waals surface area contributed by atoms with Crippen LogP contribution < -0.4 is 0 Å². The third-order valence-electron chi connectivity index (χ3n) is 3.95. The van der Waals surface area contributed by atoms with Crippen LogP contribution in [0.4, 0.5) is 4.79 Å². The highest BCUT2D eigenvalue weighted by Crippen LogP contribution is 2.30. The lowest BCUT2D eigenvalue weighted by Crippen LogP contribution is -2.49. The van der Waals surface area contributed by atoms with Gasteiger partial charge in [-0.05, 0) is 52.3 Å². The fraction of sp³-hybridized carbons (Fsp3) is 0.500. The van der Waals surface area contributed by atoms with Gasteiger partial charge in [0.25, 0.3) is 0 Å². The summed E-state index contributed by atoms with van der Waals surface area (Å²) in [6, 6.07) is 6.81. The molecule has 0 radical (unpaired) electrons. The summed E-state index contributed by atoms with van der Waals surface area (Å²) in [5.41, 5.74) is 0.0802. The zero-order valence-corrected chi connectivity index (χ0v) is 16.2. The average Bonchev–Trinajstić information content (AvgIpc) is 2.85. The predicted octanol–water partition coefficient (Wildman–Crippen LogP) is 3.86. The highest BCUT2D eigenvalue weighted by Gasteiger charge is 2.44. The van der Waals surface area contributed by atoms with E-state index in [0.717, 1.165) is 5.56 Å². The molecule has 1 fully saturated rings. The van der Waals surface area contributed by atoms with Gasteiger partial charge in [-0.25, -0.2) is 9.59 Å². The summed E-state index contributed by atoms with van der Waals surface area (Å²) in [7, 11) is 1.35. The number of carbonyl (C=O) groups excluding carboxylic acids is 2. The molecule has 0 aromatic heterocycles. The van der Waals surface area contributed by atoms with Crippen molar-refractivity contribution in [2.24, 2.45) is 0 Å². The molecule has 26 heavy (non-hydrogen) atoms. The molecule has 1 aromatic carbocycles. The van der Waals surface area contributed by atoms with Gasteiger partial charge >= 0.3 is 12.1 Å². The van der Waals surface area contributed by atoms with Crippen LogP contribution in [0.5, 0.6) is 0 Å². The normalized spacial score (nSPS) is 19.6. The van der Waals surface area contributed by atoms with Crippen LogP contribution in [-0.2, 0) is 14.2 Å². The largest absolute Gasteiger partial charge is 0.465 e. The van der Waals surface area contributed by atoms with Crippen molar-refractivity contribution in [1.29, 1.82) is 0 Å². The predicted molar refractivity (Wildman–Crippen MR) is 98.7 cm³/mol. The summed E-state index contributed by atoms with van der Waals surface area (Å²) in [6.07, 6.45) is 3.40. The van der Waals surface area contributed by atoms with Crippen molar-refractivity contribution >= 4 is 18.1 Å². The lowest BCUT2D eigenvalue weighted by atomic mass is 10.1. The third kappa shape index (κ3) is 4.85. The molecule has 0 spiro atoms. The van der Waals surface area contributed by atoms with Gasteiger partial charge in [-0.15, -0.1) is 0 Å². The monoisotopic (exact) mass is 361 g/mol. The van der Waals surface area contributed by atoms with E-state index in [4.69, 9.17) is 9.47 Å². The first-order valence-electron chi connectivity index (χ1n) is 8.56. The number of rotatable bonds is 3. The molecule has 142 valence electrons. The van der Waals surface area contributed by atoms with Gasteiger partial charge in [0.05, 0.1) is 25.3 Å². The number of amides is 1. The molecule has 1 aromatic rings. The summed E-state index contributed by atoms with van der Waals surface area (Å²) >= 11 is 0. The Balaban J connectivity index is 2.14. The van der Waals surface area contributed by atoms with E-state index in [9.17, 15) is 9.59 Å². The number of ether oxygens (including phenoxy) is 3. The Kier molecular flexibility index (Phi) is 5.76. The van der Waals surface area contributed by atoms with Crippen LogP contribution in [0.2, 0.25) is 0 Å². The van der Waals surface area contributed by atoms with Gasteiger partial charge in [0, 0.05) is 0 Å². The number of esters is 1. The minimum absolute atomic E-state index is 0.236. The third-order valence-corrected chi connectivity index (χ3v) is 3.95. The molecule has 1 saturated heterocycles. The topological polar surface area (TPSA) is 65.1 Å². The highest BCUT2D eigenvalue weighted by molar-refractivity contribution is 5.89. The minimum atomic E-state index is -0.744. The Morgan fingerprint density at radius 3 is 2.38 bits per heavy atom. The molecular weight excluding hydrogens is 334 g/mol. The highest BCUT2D eigenvalue weighted by atomic mass is 16.6. The van der Waals surface area contributed by atoms with Crippen LogP contribution in [0, 0.1) is 0 Å². The van der Waals surface area contributed by atoms with Gasteiger partial charge in [-0.2, -0.15) is 0 Å². The first kappa shape index (κ1) is 20.0. The van der Waals surface area contributed by atoms with Crippen molar-refractivity contribution in [1.82, 2.24) is 4.90 Å². The Morgan fingerprint density at radius 2 is 1.85 bits per heavy atom. The van der Waals surface area contributed by atoms with Gasteiger partial charge in [-0.1, -0.05) is 24.3 Å². The minimum Gasteiger partial charge on any atom is -0.465 e. The van der Waals surface area contributed by atoms with Gasteiger partial charge in [0.15, 0.2) is 0 Å². The van der Waals surface area contributed by atoms with Crippen LogP contribution in [0.25, 0.3) is 6.08 Å². The second-order valence-electron chi connectivity index (χ2n) is 7.65. The summed E-state index contributed by atoms with van der Waals surface area (Å²) in [5.74, 6) is -0.373. The lowest BCUT2D eigenvalue weighted by Gasteiger charge is -2.34. The van der Waals surface area contributed by atoms with Crippen LogP contribution in [0.15, 0.2) is 30.3 Å². The Morgan fingerprint density at radius 1 is 1.23 bits per heavy atom. The fourth-order valence-corrected chi connectivity index (χ4v) is 2.71. The SMILES string of the molecule is COC(=O)c1ccc(/C=C/[C@@H]2COC(C)(C)N2C(=O)OC(C)(C)C)cc1. The average molecular weight is 361 g/mol. The number of nitrogens with zero attached hydrogens (tertiary/aromatic N) is 1. The molecule has 6 nitrogen and oxygen atoms in total. The van der Waals surface area contributed by atoms with E-state index in [0.29, 0.717) is 12.2 Å². The number of carbonyl (C=O) groups is 2. The first-order valence-corrected chi connectivity index (χ1v) is 8.56. The summed E-state index contributed by atoms with van der Waals surface area (Å²) in [4.78, 5) is 25.7. The van der Waals surface area contributed by atoms with Crippen LogP contribution >= 0.6 is 0 Å². The second-order valence-corrected chi connectivity index (χ2v) is 7.65. The lowest BCUT2D eigenvalue weighted by molar-refractivity contribution is -0.0610. The van der Waals surface area contributed by atoms with Crippen LogP contribution in [0.1, 0.15) is 50.5 Å². The molecular formula is C20H27NO5. The van der Waals surface area contributed by atoms with Gasteiger partial charge in [0.2, 0.25) is 0 Å². The van der Waals surface area contributed by atoms with E-state index >= 15 is 0 Å². The molecule has 2 rings (SSSR count). The van der Waals surface area contributed by atoms with E-state index in [2.05, 4.69) is 4.74 Å². The van der Waals surface area contributed by atoms with E-state index in [-0.39, 0.29) is 12.0 Å². The summed E-state index contributed by atoms with van der Waals surface area (Å²) < 4.78 is 16.0. The maximum absolute atomic E-state index is 12.6. The summed E-state index contributed by atoms with van der Waals surface area (Å²) in [6.45, 7) is 9.59. The molecule has 1 atom stereocenters. The number of hydrogen-bond donors (Lipinski definition) is 0. The molecule has 1 aliphatic heterocycles. The van der Waals surface area contributed by atoms with Crippen molar-refractivity contribution < 1.29 is 23.8 Å². The molecule has 0 unspecified atom stereocenters. The number of hydrogen-bond acceptors (Lipinski definition) is 5. The van der Waals surface area contributed by atoms with Crippen molar-refractivity contribution in [3.63, 3.8) is 0 Å². The van der Waals surface area contributed by atoms with Crippen molar-refractivity contribution in [2.75, 3.05) is 13.7 Å². The van der Waals surface area contributed by atoms with Crippen molar-refractivity contribution in [3.8, 4) is 0 Å². The maximum atomic E-state index is 12.6. The number of methoxy groups -OCH3 is 1. The van der Waals surface area contributed by atoms with E-state index in [1.807, 2.05) is 58.9 Å². The molecule has 1 heterocycles. The smallest absolute Gasteiger partial charge is 0.413 e. The molecule has 0 saturated carbocycles. The molecule has 0 bridgehead atoms. The molecule has 0 aliphatic carbocycles. The molecule has 0 N–H and O–H groups in total. The summed E-state index contributed by atoms with van der Waals surface area (Å²) in [5, 5.41) is 0. The fourth-order valence-electron chi connectivity index (χ4n) is 2.71. The molecule has 1 aliphatic rings. The van der Waals surface area contributed by atoms with Crippen molar-refractivity contribution in [3.05, 3.63) is 41.5 Å². The van der Waals surface area contributed by atoms with E-state index < -0.39 is 17.4 Å². The quantitative estimate of drug-likeness (QED) is 0.765. The zero-order valence-electron chi connectivity index (χ0n) is 16.2. The van der Waals surface area contributed by atoms with Gasteiger partial charge in [-0.3, -0.25) is 4.90 Å².